The zero-order valence-corrected chi connectivity index (χ0v) is 23.4. The van der Waals surface area contributed by atoms with Gasteiger partial charge >= 0.3 is 10.4 Å². The molecule has 2 aliphatic carbocycles. The van der Waals surface area contributed by atoms with E-state index in [0.717, 1.165) is 42.6 Å². The molecule has 9 nitrogen and oxygen atoms in total. The van der Waals surface area contributed by atoms with Gasteiger partial charge in [-0.15, -0.1) is 0 Å². The maximum absolute atomic E-state index is 8.74. The van der Waals surface area contributed by atoms with E-state index < -0.39 is 10.4 Å². The molecule has 0 bridgehead atoms. The minimum absolute atomic E-state index is 0.0131. The first kappa shape index (κ1) is 28.5. The second-order valence-electron chi connectivity index (χ2n) is 10.2. The lowest BCUT2D eigenvalue weighted by Gasteiger charge is -2.46. The number of allylic oxidation sites excluding steroid dienone is 1. The van der Waals surface area contributed by atoms with Crippen LogP contribution < -0.4 is 9.47 Å². The number of methoxy groups -OCH3 is 4. The van der Waals surface area contributed by atoms with Gasteiger partial charge in [0.05, 0.1) is 27.4 Å². The summed E-state index contributed by atoms with van der Waals surface area (Å²) < 4.78 is 54.4. The van der Waals surface area contributed by atoms with E-state index in [-0.39, 0.29) is 6.10 Å². The minimum atomic E-state index is -4.67. The number of hydrogen-bond acceptors (Lipinski definition) is 7. The van der Waals surface area contributed by atoms with Crippen LogP contribution in [0, 0.1) is 5.92 Å². The smallest absolute Gasteiger partial charge is 0.394 e. The van der Waals surface area contributed by atoms with Gasteiger partial charge in [-0.3, -0.25) is 9.11 Å². The number of fused-ring (bicyclic) bond motifs is 3. The van der Waals surface area contributed by atoms with Crippen LogP contribution in [0.5, 0.6) is 11.5 Å². The quantitative estimate of drug-likeness (QED) is 0.452. The van der Waals surface area contributed by atoms with Gasteiger partial charge in [0.2, 0.25) is 0 Å². The molecule has 1 aromatic rings. The summed E-state index contributed by atoms with van der Waals surface area (Å²) in [5.74, 6) is 3.31. The molecule has 1 aromatic carbocycles. The highest BCUT2D eigenvalue weighted by molar-refractivity contribution is 7.79. The summed E-state index contributed by atoms with van der Waals surface area (Å²) in [5, 5.41) is 0. The number of hydrogen-bond donors (Lipinski definition) is 2. The van der Waals surface area contributed by atoms with E-state index in [9.17, 15) is 0 Å². The van der Waals surface area contributed by atoms with Gasteiger partial charge < -0.3 is 23.8 Å². The molecule has 4 aliphatic rings. The largest absolute Gasteiger partial charge is 0.498 e. The van der Waals surface area contributed by atoms with Crippen LogP contribution in [0.25, 0.3) is 6.08 Å². The summed E-state index contributed by atoms with van der Waals surface area (Å²) in [7, 11) is 2.30. The van der Waals surface area contributed by atoms with Gasteiger partial charge in [0.25, 0.3) is 0 Å². The van der Waals surface area contributed by atoms with Gasteiger partial charge in [-0.1, -0.05) is 37.7 Å². The Morgan fingerprint density at radius 3 is 2.21 bits per heavy atom. The lowest BCUT2D eigenvalue weighted by atomic mass is 9.78. The number of rotatable bonds is 6. The van der Waals surface area contributed by atoms with Gasteiger partial charge in [-0.05, 0) is 54.2 Å². The maximum Gasteiger partial charge on any atom is 0.394 e. The van der Waals surface area contributed by atoms with Crippen molar-refractivity contribution in [2.24, 2.45) is 5.92 Å². The van der Waals surface area contributed by atoms with Gasteiger partial charge in [0, 0.05) is 31.3 Å². The Morgan fingerprint density at radius 2 is 1.61 bits per heavy atom. The Kier molecular flexibility index (Phi) is 9.07. The molecule has 1 fully saturated rings. The molecule has 2 aliphatic heterocycles. The predicted molar refractivity (Wildman–Crippen MR) is 144 cm³/mol. The Hall–Kier alpha value is -2.53. The van der Waals surface area contributed by atoms with Crippen molar-refractivity contribution in [2.45, 2.75) is 63.5 Å². The lowest BCUT2D eigenvalue weighted by molar-refractivity contribution is 0.0744. The van der Waals surface area contributed by atoms with Crippen LogP contribution in [-0.2, 0) is 19.9 Å². The summed E-state index contributed by atoms with van der Waals surface area (Å²) in [5.41, 5.74) is 6.73. The third kappa shape index (κ3) is 6.36. The summed E-state index contributed by atoms with van der Waals surface area (Å²) in [6.45, 7) is 1.04. The monoisotopic (exact) mass is 549 g/mol. The van der Waals surface area contributed by atoms with Crippen molar-refractivity contribution in [2.75, 3.05) is 35.0 Å². The van der Waals surface area contributed by atoms with Crippen LogP contribution in [0.2, 0.25) is 0 Å². The van der Waals surface area contributed by atoms with E-state index in [1.165, 1.54) is 66.5 Å². The highest BCUT2D eigenvalue weighted by atomic mass is 32.3. The van der Waals surface area contributed by atoms with Crippen LogP contribution in [-0.4, -0.2) is 63.5 Å². The molecule has 0 amide bonds. The first-order chi connectivity index (χ1) is 18.2. The first-order valence-electron chi connectivity index (χ1n) is 13.1. The molecule has 5 rings (SSSR count). The second-order valence-corrected chi connectivity index (χ2v) is 11.1. The average molecular weight is 550 g/mol. The van der Waals surface area contributed by atoms with Crippen LogP contribution in [0.1, 0.15) is 68.5 Å². The number of ether oxygens (including phenoxy) is 4. The molecule has 10 heteroatoms. The Labute approximate surface area is 225 Å². The fraction of sp³-hybridized carbons (Fsp3) is 0.571. The zero-order valence-electron chi connectivity index (χ0n) is 22.6. The molecular weight excluding hydrogens is 510 g/mol. The van der Waals surface area contributed by atoms with Gasteiger partial charge in [0.15, 0.2) is 11.5 Å². The summed E-state index contributed by atoms with van der Waals surface area (Å²) in [6, 6.07) is 4.73. The molecular formula is C28H39NO8S. The van der Waals surface area contributed by atoms with E-state index in [0.29, 0.717) is 6.04 Å². The molecule has 38 heavy (non-hydrogen) atoms. The van der Waals surface area contributed by atoms with Crippen LogP contribution in [0.4, 0.5) is 0 Å². The fourth-order valence-electron chi connectivity index (χ4n) is 6.30. The van der Waals surface area contributed by atoms with Crippen LogP contribution in [0.15, 0.2) is 40.8 Å². The highest BCUT2D eigenvalue weighted by Crippen LogP contribution is 2.49. The van der Waals surface area contributed by atoms with E-state index >= 15 is 0 Å². The fourth-order valence-corrected chi connectivity index (χ4v) is 6.30. The van der Waals surface area contributed by atoms with Gasteiger partial charge in [0.1, 0.15) is 11.9 Å². The normalized spacial score (nSPS) is 23.2. The second kappa shape index (κ2) is 12.1. The maximum atomic E-state index is 8.74. The van der Waals surface area contributed by atoms with Crippen LogP contribution >= 0.6 is 0 Å². The molecule has 2 atom stereocenters. The molecule has 2 heterocycles. The van der Waals surface area contributed by atoms with Crippen LogP contribution in [0.3, 0.4) is 0 Å². The molecule has 1 saturated carbocycles. The number of nitrogens with zero attached hydrogens (tertiary/aromatic N) is 1. The summed E-state index contributed by atoms with van der Waals surface area (Å²) >= 11 is 0. The lowest BCUT2D eigenvalue weighted by Crippen LogP contribution is -2.38. The standard InChI is InChI=1S/C28H37NO4.H2O4S/c1-30-25-14-19-10-11-29-23(12-18-8-6-5-7-9-18)22-17-28(33-4)26(31-2)15-20(22)13-24(29)21(19)16-27(25)32-3;1-5(2,3)4/h13,15-18,23,25H,5-12,14H2,1-4H3;(H2,1,2,3,4). The Bertz CT molecular complexity index is 1210. The molecule has 2 unspecified atom stereocenters. The summed E-state index contributed by atoms with van der Waals surface area (Å²) in [4.78, 5) is 2.65. The molecule has 0 saturated heterocycles. The molecule has 2 N–H and O–H groups in total. The van der Waals surface area contributed by atoms with Crippen molar-refractivity contribution in [1.82, 2.24) is 4.90 Å². The third-order valence-corrected chi connectivity index (χ3v) is 8.07. The molecule has 210 valence electrons. The minimum Gasteiger partial charge on any atom is -0.498 e. The van der Waals surface area contributed by atoms with E-state index in [1.54, 1.807) is 28.4 Å². The van der Waals surface area contributed by atoms with Crippen molar-refractivity contribution in [3.05, 3.63) is 51.9 Å². The Balaban J connectivity index is 0.000000617. The van der Waals surface area contributed by atoms with Crippen molar-refractivity contribution in [3.63, 3.8) is 0 Å². The third-order valence-electron chi connectivity index (χ3n) is 8.07. The van der Waals surface area contributed by atoms with E-state index in [2.05, 4.69) is 29.2 Å². The van der Waals surface area contributed by atoms with Crippen molar-refractivity contribution in [1.29, 1.82) is 0 Å². The van der Waals surface area contributed by atoms with Gasteiger partial charge in [-0.2, -0.15) is 8.42 Å². The van der Waals surface area contributed by atoms with E-state index in [4.69, 9.17) is 36.5 Å². The first-order valence-corrected chi connectivity index (χ1v) is 14.5. The Morgan fingerprint density at radius 1 is 0.947 bits per heavy atom. The molecule has 0 radical (unpaired) electrons. The van der Waals surface area contributed by atoms with Crippen molar-refractivity contribution in [3.8, 4) is 11.5 Å². The zero-order chi connectivity index (χ0) is 27.4. The molecule has 0 aromatic heterocycles. The van der Waals surface area contributed by atoms with Crippen molar-refractivity contribution < 1.29 is 36.5 Å². The van der Waals surface area contributed by atoms with Crippen molar-refractivity contribution >= 4 is 16.5 Å². The predicted octanol–water partition coefficient (Wildman–Crippen LogP) is 5.37. The summed E-state index contributed by atoms with van der Waals surface area (Å²) in [6.07, 6.45) is 14.6. The average Bonchev–Trinajstić information content (AvgIpc) is 2.90. The van der Waals surface area contributed by atoms with E-state index in [1.807, 2.05) is 0 Å². The highest BCUT2D eigenvalue weighted by Gasteiger charge is 2.38. The topological polar surface area (TPSA) is 115 Å². The SMILES string of the molecule is COC1=CC2=C(CCN3C2=Cc2cc(OC)c(OC)cc2C3CC2CCCCC2)CC1OC.O=S(=O)(O)O. The molecule has 0 spiro atoms. The van der Waals surface area contributed by atoms with Gasteiger partial charge in [-0.25, -0.2) is 0 Å². The number of benzene rings is 1.